The van der Waals surface area contributed by atoms with Crippen molar-refractivity contribution in [1.29, 1.82) is 0 Å². The first-order valence-corrected chi connectivity index (χ1v) is 10.8. The van der Waals surface area contributed by atoms with Gasteiger partial charge in [-0.15, -0.1) is 0 Å². The molecule has 1 aromatic heterocycles. The Morgan fingerprint density at radius 1 is 1.13 bits per heavy atom. The number of aromatic nitrogens is 1. The van der Waals surface area contributed by atoms with Crippen LogP contribution in [0.2, 0.25) is 0 Å². The Morgan fingerprint density at radius 2 is 1.97 bits per heavy atom. The molecule has 4 rings (SSSR count). The van der Waals surface area contributed by atoms with E-state index in [1.165, 1.54) is 6.07 Å². The molecule has 0 aliphatic carbocycles. The minimum Gasteiger partial charge on any atom is -0.356 e. The second kappa shape index (κ2) is 9.40. The van der Waals surface area contributed by atoms with Gasteiger partial charge in [0, 0.05) is 37.6 Å². The van der Waals surface area contributed by atoms with E-state index in [2.05, 4.69) is 33.4 Å². The number of halogens is 1. The maximum absolute atomic E-state index is 14.2. The Bertz CT molecular complexity index is 1040. The van der Waals surface area contributed by atoms with Crippen molar-refractivity contribution in [3.63, 3.8) is 0 Å². The van der Waals surface area contributed by atoms with E-state index < -0.39 is 5.41 Å². The number of rotatable bonds is 7. The molecule has 2 aromatic carbocycles. The first kappa shape index (κ1) is 21.2. The van der Waals surface area contributed by atoms with E-state index >= 15 is 0 Å². The van der Waals surface area contributed by atoms with Crippen LogP contribution < -0.4 is 5.32 Å². The fraction of sp³-hybridized carbons (Fsp3) is 0.308. The van der Waals surface area contributed by atoms with Crippen LogP contribution in [0.15, 0.2) is 73.1 Å². The minimum atomic E-state index is -0.519. The maximum Gasteiger partial charge on any atom is 0.227 e. The number of pyridine rings is 1. The standard InChI is InChI=1S/C26H28FN3O/c1-2-29-25(31)26(12-14-30(19-26)18-23-8-3-4-11-24(23)27)16-20-7-5-9-21(15-20)22-10-6-13-28-17-22/h3-11,13,15,17H,2,12,14,16,18-19H2,1H3,(H,29,31)/t26-/m1/s1. The summed E-state index contributed by atoms with van der Waals surface area (Å²) in [5.74, 6) is -0.111. The van der Waals surface area contributed by atoms with Crippen molar-refractivity contribution in [3.05, 3.63) is 90.0 Å². The summed E-state index contributed by atoms with van der Waals surface area (Å²) < 4.78 is 14.2. The van der Waals surface area contributed by atoms with Gasteiger partial charge < -0.3 is 5.32 Å². The molecule has 1 N–H and O–H groups in total. The molecule has 0 bridgehead atoms. The largest absolute Gasteiger partial charge is 0.356 e. The van der Waals surface area contributed by atoms with Crippen LogP contribution in [0.25, 0.3) is 11.1 Å². The molecular weight excluding hydrogens is 389 g/mol. The molecule has 1 amide bonds. The van der Waals surface area contributed by atoms with Gasteiger partial charge in [-0.3, -0.25) is 14.7 Å². The number of carbonyl (C=O) groups excluding carboxylic acids is 1. The molecule has 0 unspecified atom stereocenters. The Balaban J connectivity index is 1.56. The fourth-order valence-corrected chi connectivity index (χ4v) is 4.50. The zero-order chi connectivity index (χ0) is 21.7. The predicted octanol–water partition coefficient (Wildman–Crippen LogP) is 4.46. The summed E-state index contributed by atoms with van der Waals surface area (Å²) in [4.78, 5) is 19.6. The zero-order valence-electron chi connectivity index (χ0n) is 17.9. The Morgan fingerprint density at radius 3 is 2.74 bits per heavy atom. The molecule has 160 valence electrons. The molecular formula is C26H28FN3O. The van der Waals surface area contributed by atoms with Crippen LogP contribution >= 0.6 is 0 Å². The second-order valence-electron chi connectivity index (χ2n) is 8.31. The molecule has 3 aromatic rings. The van der Waals surface area contributed by atoms with Gasteiger partial charge in [0.1, 0.15) is 5.82 Å². The van der Waals surface area contributed by atoms with Crippen LogP contribution in [-0.2, 0) is 17.8 Å². The highest BCUT2D eigenvalue weighted by atomic mass is 19.1. The smallest absolute Gasteiger partial charge is 0.227 e. The third-order valence-corrected chi connectivity index (χ3v) is 6.07. The summed E-state index contributed by atoms with van der Waals surface area (Å²) in [5, 5.41) is 3.04. The van der Waals surface area contributed by atoms with Gasteiger partial charge in [-0.1, -0.05) is 48.5 Å². The minimum absolute atomic E-state index is 0.0813. The van der Waals surface area contributed by atoms with Crippen LogP contribution in [0.5, 0.6) is 0 Å². The monoisotopic (exact) mass is 417 g/mol. The molecule has 1 aliphatic rings. The highest BCUT2D eigenvalue weighted by Gasteiger charge is 2.44. The Kier molecular flexibility index (Phi) is 6.42. The van der Waals surface area contributed by atoms with E-state index in [9.17, 15) is 9.18 Å². The molecule has 2 heterocycles. The number of carbonyl (C=O) groups is 1. The summed E-state index contributed by atoms with van der Waals surface area (Å²) in [6.45, 7) is 4.45. The Hall–Kier alpha value is -3.05. The number of hydrogen-bond acceptors (Lipinski definition) is 3. The van der Waals surface area contributed by atoms with Gasteiger partial charge >= 0.3 is 0 Å². The van der Waals surface area contributed by atoms with Crippen LogP contribution in [0, 0.1) is 11.2 Å². The second-order valence-corrected chi connectivity index (χ2v) is 8.31. The van der Waals surface area contributed by atoms with E-state index in [0.29, 0.717) is 31.6 Å². The molecule has 1 saturated heterocycles. The average Bonchev–Trinajstić information content (AvgIpc) is 3.20. The fourth-order valence-electron chi connectivity index (χ4n) is 4.50. The number of amides is 1. The maximum atomic E-state index is 14.2. The van der Waals surface area contributed by atoms with E-state index in [4.69, 9.17) is 0 Å². The highest BCUT2D eigenvalue weighted by molar-refractivity contribution is 5.83. The lowest BCUT2D eigenvalue weighted by atomic mass is 9.79. The van der Waals surface area contributed by atoms with Crippen molar-refractivity contribution in [2.75, 3.05) is 19.6 Å². The first-order valence-electron chi connectivity index (χ1n) is 10.8. The molecule has 0 saturated carbocycles. The van der Waals surface area contributed by atoms with Gasteiger partial charge in [-0.2, -0.15) is 0 Å². The van der Waals surface area contributed by atoms with E-state index in [1.54, 1.807) is 12.3 Å². The van der Waals surface area contributed by atoms with Crippen LogP contribution in [-0.4, -0.2) is 35.4 Å². The SMILES string of the molecule is CCNC(=O)[C@@]1(Cc2cccc(-c3cccnc3)c2)CCN(Cc2ccccc2F)C1. The zero-order valence-corrected chi connectivity index (χ0v) is 17.9. The van der Waals surface area contributed by atoms with Crippen molar-refractivity contribution in [3.8, 4) is 11.1 Å². The van der Waals surface area contributed by atoms with Gasteiger partial charge in [-0.25, -0.2) is 4.39 Å². The summed E-state index contributed by atoms with van der Waals surface area (Å²) in [7, 11) is 0. The summed E-state index contributed by atoms with van der Waals surface area (Å²) in [6, 6.07) is 19.2. The first-order chi connectivity index (χ1) is 15.1. The normalized spacial score (nSPS) is 18.8. The van der Waals surface area contributed by atoms with Crippen molar-refractivity contribution >= 4 is 5.91 Å². The quantitative estimate of drug-likeness (QED) is 0.617. The summed E-state index contributed by atoms with van der Waals surface area (Å²) in [5.41, 5.74) is 3.43. The molecule has 4 nitrogen and oxygen atoms in total. The molecule has 31 heavy (non-hydrogen) atoms. The number of nitrogens with one attached hydrogen (secondary N) is 1. The van der Waals surface area contributed by atoms with Crippen LogP contribution in [0.3, 0.4) is 0 Å². The summed E-state index contributed by atoms with van der Waals surface area (Å²) >= 11 is 0. The third-order valence-electron chi connectivity index (χ3n) is 6.07. The molecule has 1 aliphatic heterocycles. The number of benzene rings is 2. The van der Waals surface area contributed by atoms with Crippen molar-refractivity contribution in [2.45, 2.75) is 26.3 Å². The lowest BCUT2D eigenvalue weighted by Gasteiger charge is -2.28. The van der Waals surface area contributed by atoms with Crippen molar-refractivity contribution in [1.82, 2.24) is 15.2 Å². The van der Waals surface area contributed by atoms with Gasteiger partial charge in [0.05, 0.1) is 5.41 Å². The van der Waals surface area contributed by atoms with E-state index in [1.807, 2.05) is 43.5 Å². The third kappa shape index (κ3) is 4.83. The highest BCUT2D eigenvalue weighted by Crippen LogP contribution is 2.36. The van der Waals surface area contributed by atoms with Crippen LogP contribution in [0.1, 0.15) is 24.5 Å². The average molecular weight is 418 g/mol. The molecule has 1 atom stereocenters. The Labute approximate surface area is 183 Å². The van der Waals surface area contributed by atoms with Crippen molar-refractivity contribution < 1.29 is 9.18 Å². The lowest BCUT2D eigenvalue weighted by Crippen LogP contribution is -2.44. The van der Waals surface area contributed by atoms with Gasteiger partial charge in [0.25, 0.3) is 0 Å². The number of nitrogens with zero attached hydrogens (tertiary/aromatic N) is 2. The number of likely N-dealkylation sites (tertiary alicyclic amines) is 1. The van der Waals surface area contributed by atoms with Crippen molar-refractivity contribution in [2.24, 2.45) is 5.41 Å². The molecule has 0 spiro atoms. The van der Waals surface area contributed by atoms with E-state index in [-0.39, 0.29) is 11.7 Å². The lowest BCUT2D eigenvalue weighted by molar-refractivity contribution is -0.130. The topological polar surface area (TPSA) is 45.2 Å². The predicted molar refractivity (Wildman–Crippen MR) is 121 cm³/mol. The molecule has 1 fully saturated rings. The van der Waals surface area contributed by atoms with E-state index in [0.717, 1.165) is 29.7 Å². The van der Waals surface area contributed by atoms with Gasteiger partial charge in [0.15, 0.2) is 0 Å². The van der Waals surface area contributed by atoms with Gasteiger partial charge in [0.2, 0.25) is 5.91 Å². The van der Waals surface area contributed by atoms with Gasteiger partial charge in [-0.05, 0) is 55.1 Å². The molecule has 0 radical (unpaired) electrons. The number of hydrogen-bond donors (Lipinski definition) is 1. The van der Waals surface area contributed by atoms with Crippen LogP contribution in [0.4, 0.5) is 4.39 Å². The molecule has 5 heteroatoms. The summed E-state index contributed by atoms with van der Waals surface area (Å²) in [6.07, 6.45) is 5.02.